The zero-order valence-corrected chi connectivity index (χ0v) is 10.4. The lowest BCUT2D eigenvalue weighted by Crippen LogP contribution is -2.33. The Labute approximate surface area is 106 Å². The van der Waals surface area contributed by atoms with Crippen LogP contribution in [0.25, 0.3) is 0 Å². The Kier molecular flexibility index (Phi) is 3.78. The van der Waals surface area contributed by atoms with Crippen LogP contribution in [-0.2, 0) is 0 Å². The molecule has 1 aromatic heterocycles. The topological polar surface area (TPSA) is 77.8 Å². The molecule has 1 heterocycles. The Morgan fingerprint density at radius 1 is 1.56 bits per heavy atom. The zero-order chi connectivity index (χ0) is 13.0. The van der Waals surface area contributed by atoms with Crippen LogP contribution >= 0.6 is 0 Å². The molecular formula is C13H16N4O. The van der Waals surface area contributed by atoms with Crippen molar-refractivity contribution in [3.63, 3.8) is 0 Å². The van der Waals surface area contributed by atoms with Crippen molar-refractivity contribution in [3.8, 4) is 6.07 Å². The molecule has 18 heavy (non-hydrogen) atoms. The molecule has 5 nitrogen and oxygen atoms in total. The highest BCUT2D eigenvalue weighted by molar-refractivity contribution is 5.97. The predicted octanol–water partition coefficient (Wildman–Crippen LogP) is 1.52. The maximum atomic E-state index is 12.0. The summed E-state index contributed by atoms with van der Waals surface area (Å²) in [5.74, 6) is 0.384. The Bertz CT molecular complexity index is 488. The van der Waals surface area contributed by atoms with E-state index in [9.17, 15) is 4.79 Å². The largest absolute Gasteiger partial charge is 0.386 e. The van der Waals surface area contributed by atoms with Gasteiger partial charge in [-0.25, -0.2) is 4.98 Å². The lowest BCUT2D eigenvalue weighted by molar-refractivity contribution is 0.0935. The highest BCUT2D eigenvalue weighted by Gasteiger charge is 2.20. The summed E-state index contributed by atoms with van der Waals surface area (Å²) in [6.45, 7) is 0.695. The van der Waals surface area contributed by atoms with Crippen molar-refractivity contribution >= 4 is 11.6 Å². The van der Waals surface area contributed by atoms with Crippen molar-refractivity contribution in [1.82, 2.24) is 10.3 Å². The fraction of sp³-hybridized carbons (Fsp3) is 0.462. The van der Waals surface area contributed by atoms with Gasteiger partial charge >= 0.3 is 0 Å². The summed E-state index contributed by atoms with van der Waals surface area (Å²) in [6, 6.07) is 5.23. The molecule has 0 saturated heterocycles. The van der Waals surface area contributed by atoms with Crippen LogP contribution < -0.4 is 10.6 Å². The predicted molar refractivity (Wildman–Crippen MR) is 68.2 cm³/mol. The molecule has 1 saturated carbocycles. The highest BCUT2D eigenvalue weighted by Crippen LogP contribution is 2.25. The number of hydrogen-bond donors (Lipinski definition) is 2. The number of hydrogen-bond acceptors (Lipinski definition) is 4. The first-order valence-electron chi connectivity index (χ1n) is 6.11. The van der Waals surface area contributed by atoms with E-state index >= 15 is 0 Å². The normalized spacial score (nSPS) is 14.4. The molecule has 1 aromatic rings. The maximum absolute atomic E-state index is 12.0. The second-order valence-corrected chi connectivity index (χ2v) is 4.46. The summed E-state index contributed by atoms with van der Waals surface area (Å²) < 4.78 is 0. The number of amides is 1. The summed E-state index contributed by atoms with van der Waals surface area (Å²) in [5, 5.41) is 14.6. The molecule has 1 aliphatic carbocycles. The fourth-order valence-corrected chi connectivity index (χ4v) is 1.91. The van der Waals surface area contributed by atoms with E-state index in [0.29, 0.717) is 18.2 Å². The third kappa shape index (κ3) is 2.59. The van der Waals surface area contributed by atoms with Crippen molar-refractivity contribution in [2.75, 3.05) is 18.9 Å². The average Bonchev–Trinajstić information content (AvgIpc) is 2.35. The number of carbonyl (C=O) groups is 1. The molecule has 0 radical (unpaired) electrons. The van der Waals surface area contributed by atoms with Gasteiger partial charge in [0.05, 0.1) is 5.69 Å². The Balaban J connectivity index is 2.09. The van der Waals surface area contributed by atoms with Gasteiger partial charge in [0, 0.05) is 13.6 Å². The van der Waals surface area contributed by atoms with E-state index in [1.165, 1.54) is 19.3 Å². The van der Waals surface area contributed by atoms with E-state index in [1.54, 1.807) is 19.2 Å². The standard InChI is InChI=1S/C13H16N4O/c1-15-11-6-5-10(7-14)17-12(11)13(18)16-8-9-3-2-4-9/h5-6,9,15H,2-4,8H2,1H3,(H,16,18). The molecule has 2 rings (SSSR count). The molecule has 0 aliphatic heterocycles. The van der Waals surface area contributed by atoms with Crippen molar-refractivity contribution < 1.29 is 4.79 Å². The van der Waals surface area contributed by atoms with Gasteiger partial charge in [0.1, 0.15) is 11.8 Å². The van der Waals surface area contributed by atoms with Crippen LogP contribution in [0.5, 0.6) is 0 Å². The summed E-state index contributed by atoms with van der Waals surface area (Å²) in [5.41, 5.74) is 1.18. The van der Waals surface area contributed by atoms with Crippen molar-refractivity contribution in [1.29, 1.82) is 5.26 Å². The second-order valence-electron chi connectivity index (χ2n) is 4.46. The maximum Gasteiger partial charge on any atom is 0.272 e. The van der Waals surface area contributed by atoms with Gasteiger partial charge in [-0.3, -0.25) is 4.79 Å². The Morgan fingerprint density at radius 2 is 2.33 bits per heavy atom. The monoisotopic (exact) mass is 244 g/mol. The van der Waals surface area contributed by atoms with Crippen LogP contribution in [0.3, 0.4) is 0 Å². The lowest BCUT2D eigenvalue weighted by atomic mass is 9.85. The van der Waals surface area contributed by atoms with E-state index in [1.807, 2.05) is 6.07 Å². The first-order chi connectivity index (χ1) is 8.74. The van der Waals surface area contributed by atoms with Crippen molar-refractivity contribution in [2.24, 2.45) is 5.92 Å². The van der Waals surface area contributed by atoms with Crippen LogP contribution in [-0.4, -0.2) is 24.5 Å². The minimum Gasteiger partial charge on any atom is -0.386 e. The zero-order valence-electron chi connectivity index (χ0n) is 10.4. The van der Waals surface area contributed by atoms with Gasteiger partial charge in [-0.2, -0.15) is 5.26 Å². The molecule has 1 aliphatic rings. The molecule has 94 valence electrons. The number of aromatic nitrogens is 1. The SMILES string of the molecule is CNc1ccc(C#N)nc1C(=O)NCC1CCC1. The summed E-state index contributed by atoms with van der Waals surface area (Å²) in [4.78, 5) is 16.1. The van der Waals surface area contributed by atoms with E-state index < -0.39 is 0 Å². The van der Waals surface area contributed by atoms with Crippen LogP contribution in [0, 0.1) is 17.2 Å². The summed E-state index contributed by atoms with van der Waals surface area (Å²) >= 11 is 0. The molecule has 1 amide bonds. The number of nitrogens with one attached hydrogen (secondary N) is 2. The van der Waals surface area contributed by atoms with E-state index in [4.69, 9.17) is 5.26 Å². The number of nitriles is 1. The lowest BCUT2D eigenvalue weighted by Gasteiger charge is -2.25. The van der Waals surface area contributed by atoms with Crippen LogP contribution in [0.15, 0.2) is 12.1 Å². The third-order valence-electron chi connectivity index (χ3n) is 3.27. The second kappa shape index (κ2) is 5.50. The smallest absolute Gasteiger partial charge is 0.272 e. The van der Waals surface area contributed by atoms with E-state index in [-0.39, 0.29) is 17.3 Å². The van der Waals surface area contributed by atoms with Gasteiger partial charge in [-0.1, -0.05) is 6.42 Å². The third-order valence-corrected chi connectivity index (χ3v) is 3.27. The molecule has 0 spiro atoms. The Hall–Kier alpha value is -2.09. The quantitative estimate of drug-likeness (QED) is 0.841. The number of pyridine rings is 1. The fourth-order valence-electron chi connectivity index (χ4n) is 1.91. The molecule has 0 atom stereocenters. The van der Waals surface area contributed by atoms with E-state index in [0.717, 1.165) is 0 Å². The van der Waals surface area contributed by atoms with Gasteiger partial charge in [-0.05, 0) is 30.9 Å². The van der Waals surface area contributed by atoms with Gasteiger partial charge in [0.25, 0.3) is 5.91 Å². The highest BCUT2D eigenvalue weighted by atomic mass is 16.1. The molecule has 1 fully saturated rings. The van der Waals surface area contributed by atoms with Crippen molar-refractivity contribution in [3.05, 3.63) is 23.5 Å². The van der Waals surface area contributed by atoms with Crippen molar-refractivity contribution in [2.45, 2.75) is 19.3 Å². The number of rotatable bonds is 4. The Morgan fingerprint density at radius 3 is 2.89 bits per heavy atom. The minimum absolute atomic E-state index is 0.219. The van der Waals surface area contributed by atoms with Gasteiger partial charge in [0.15, 0.2) is 5.69 Å². The van der Waals surface area contributed by atoms with Crippen LogP contribution in [0.2, 0.25) is 0 Å². The number of anilines is 1. The molecular weight excluding hydrogens is 228 g/mol. The minimum atomic E-state index is -0.219. The molecule has 0 unspecified atom stereocenters. The van der Waals surface area contributed by atoms with Gasteiger partial charge < -0.3 is 10.6 Å². The number of nitrogens with zero attached hydrogens (tertiary/aromatic N) is 2. The summed E-state index contributed by atoms with van der Waals surface area (Å²) in [6.07, 6.45) is 3.63. The molecule has 0 aromatic carbocycles. The molecule has 0 bridgehead atoms. The summed E-state index contributed by atoms with van der Waals surface area (Å²) in [7, 11) is 1.73. The van der Waals surface area contributed by atoms with Crippen LogP contribution in [0.1, 0.15) is 35.4 Å². The first kappa shape index (κ1) is 12.4. The van der Waals surface area contributed by atoms with Crippen LogP contribution in [0.4, 0.5) is 5.69 Å². The average molecular weight is 244 g/mol. The number of carbonyl (C=O) groups excluding carboxylic acids is 1. The van der Waals surface area contributed by atoms with Gasteiger partial charge in [-0.15, -0.1) is 0 Å². The first-order valence-corrected chi connectivity index (χ1v) is 6.11. The van der Waals surface area contributed by atoms with Gasteiger partial charge in [0.2, 0.25) is 0 Å². The molecule has 2 N–H and O–H groups in total. The van der Waals surface area contributed by atoms with E-state index in [2.05, 4.69) is 15.6 Å². The molecule has 5 heteroatoms.